The van der Waals surface area contributed by atoms with E-state index in [1.807, 2.05) is 6.07 Å². The molecule has 1 amide bonds. The van der Waals surface area contributed by atoms with Gasteiger partial charge in [0, 0.05) is 12.1 Å². The third-order valence-corrected chi connectivity index (χ3v) is 4.20. The highest BCUT2D eigenvalue weighted by atomic mass is 32.1. The van der Waals surface area contributed by atoms with Crippen molar-refractivity contribution in [1.82, 2.24) is 0 Å². The Bertz CT molecular complexity index is 809. The molecule has 1 aromatic heterocycles. The SMILES string of the molecule is C[C@H](OC(=O)CCC(=O)c1cccs1)C(=O)Nc1cccc(C#N)c1. The van der Waals surface area contributed by atoms with Gasteiger partial charge in [-0.2, -0.15) is 5.26 Å². The number of ketones is 1. The fourth-order valence-electron chi connectivity index (χ4n) is 2.00. The van der Waals surface area contributed by atoms with Gasteiger partial charge in [-0.1, -0.05) is 12.1 Å². The van der Waals surface area contributed by atoms with Gasteiger partial charge in [0.1, 0.15) is 0 Å². The lowest BCUT2D eigenvalue weighted by Gasteiger charge is -2.13. The molecule has 0 aliphatic heterocycles. The number of carbonyl (C=O) groups excluding carboxylic acids is 3. The maximum Gasteiger partial charge on any atom is 0.307 e. The van der Waals surface area contributed by atoms with Crippen molar-refractivity contribution in [2.45, 2.75) is 25.9 Å². The second-order valence-corrected chi connectivity index (χ2v) is 6.16. The van der Waals surface area contributed by atoms with Crippen molar-refractivity contribution in [3.63, 3.8) is 0 Å². The van der Waals surface area contributed by atoms with E-state index in [0.717, 1.165) is 0 Å². The van der Waals surface area contributed by atoms with Gasteiger partial charge in [0.05, 0.1) is 22.9 Å². The number of benzene rings is 1. The number of anilines is 1. The van der Waals surface area contributed by atoms with E-state index in [-0.39, 0.29) is 18.6 Å². The molecule has 0 saturated heterocycles. The zero-order chi connectivity index (χ0) is 18.2. The molecule has 1 heterocycles. The number of nitrogens with zero attached hydrogens (tertiary/aromatic N) is 1. The average Bonchev–Trinajstić information content (AvgIpc) is 3.14. The number of thiophene rings is 1. The quantitative estimate of drug-likeness (QED) is 0.607. The van der Waals surface area contributed by atoms with Gasteiger partial charge in [-0.25, -0.2) is 0 Å². The zero-order valence-electron chi connectivity index (χ0n) is 13.5. The van der Waals surface area contributed by atoms with E-state index in [1.54, 1.807) is 35.7 Å². The van der Waals surface area contributed by atoms with Crippen LogP contribution in [0.1, 0.15) is 35.0 Å². The molecule has 1 aromatic carbocycles. The Morgan fingerprint density at radius 2 is 2.04 bits per heavy atom. The minimum absolute atomic E-state index is 0.0396. The van der Waals surface area contributed by atoms with Crippen LogP contribution in [-0.4, -0.2) is 23.8 Å². The molecule has 0 aliphatic carbocycles. The van der Waals surface area contributed by atoms with Crippen molar-refractivity contribution < 1.29 is 19.1 Å². The van der Waals surface area contributed by atoms with E-state index < -0.39 is 18.0 Å². The summed E-state index contributed by atoms with van der Waals surface area (Å²) in [5, 5.41) is 13.2. The molecule has 0 saturated carbocycles. The van der Waals surface area contributed by atoms with Crippen molar-refractivity contribution in [3.05, 3.63) is 52.2 Å². The molecule has 7 heteroatoms. The second-order valence-electron chi connectivity index (χ2n) is 5.21. The van der Waals surface area contributed by atoms with Crippen LogP contribution in [0, 0.1) is 11.3 Å². The minimum atomic E-state index is -1.00. The summed E-state index contributed by atoms with van der Waals surface area (Å²) in [4.78, 5) is 36.2. The van der Waals surface area contributed by atoms with E-state index in [4.69, 9.17) is 10.00 Å². The third kappa shape index (κ3) is 5.55. The highest BCUT2D eigenvalue weighted by molar-refractivity contribution is 7.12. The van der Waals surface area contributed by atoms with Crippen LogP contribution in [0.4, 0.5) is 5.69 Å². The topological polar surface area (TPSA) is 96.3 Å². The van der Waals surface area contributed by atoms with Gasteiger partial charge in [0.25, 0.3) is 5.91 Å². The number of amides is 1. The van der Waals surface area contributed by atoms with Crippen molar-refractivity contribution in [2.24, 2.45) is 0 Å². The number of esters is 1. The van der Waals surface area contributed by atoms with Crippen LogP contribution in [-0.2, 0) is 14.3 Å². The fourth-order valence-corrected chi connectivity index (χ4v) is 2.69. The van der Waals surface area contributed by atoms with Crippen LogP contribution < -0.4 is 5.32 Å². The summed E-state index contributed by atoms with van der Waals surface area (Å²) in [5.74, 6) is -1.25. The van der Waals surface area contributed by atoms with E-state index in [9.17, 15) is 14.4 Å². The highest BCUT2D eigenvalue weighted by Gasteiger charge is 2.19. The number of rotatable bonds is 7. The number of nitriles is 1. The fraction of sp³-hybridized carbons (Fsp3) is 0.222. The maximum absolute atomic E-state index is 12.0. The predicted molar refractivity (Wildman–Crippen MR) is 93.2 cm³/mol. The number of carbonyl (C=O) groups is 3. The normalized spacial score (nSPS) is 11.2. The van der Waals surface area contributed by atoms with Crippen molar-refractivity contribution in [2.75, 3.05) is 5.32 Å². The van der Waals surface area contributed by atoms with Crippen LogP contribution in [0.15, 0.2) is 41.8 Å². The first-order valence-corrected chi connectivity index (χ1v) is 8.45. The average molecular weight is 356 g/mol. The summed E-state index contributed by atoms with van der Waals surface area (Å²) < 4.78 is 5.04. The molecule has 2 aromatic rings. The van der Waals surface area contributed by atoms with Crippen LogP contribution in [0.2, 0.25) is 0 Å². The summed E-state index contributed by atoms with van der Waals surface area (Å²) in [6.07, 6.45) is -1.05. The lowest BCUT2D eigenvalue weighted by molar-refractivity contribution is -0.153. The lowest BCUT2D eigenvalue weighted by Crippen LogP contribution is -2.30. The van der Waals surface area contributed by atoms with Crippen LogP contribution in [0.3, 0.4) is 0 Å². The minimum Gasteiger partial charge on any atom is -0.453 e. The molecule has 0 spiro atoms. The Morgan fingerprint density at radius 1 is 1.24 bits per heavy atom. The molecule has 1 N–H and O–H groups in total. The Morgan fingerprint density at radius 3 is 2.72 bits per heavy atom. The first kappa shape index (κ1) is 18.4. The third-order valence-electron chi connectivity index (χ3n) is 3.29. The van der Waals surface area contributed by atoms with Crippen molar-refractivity contribution >= 4 is 34.7 Å². The van der Waals surface area contributed by atoms with E-state index in [2.05, 4.69) is 5.32 Å². The molecule has 0 unspecified atom stereocenters. The standard InChI is InChI=1S/C18H16N2O4S/c1-12(18(23)20-14-5-2-4-13(10-14)11-19)24-17(22)8-7-15(21)16-6-3-9-25-16/h2-6,9-10,12H,7-8H2,1H3,(H,20,23)/t12-/m0/s1. The van der Waals surface area contributed by atoms with Crippen molar-refractivity contribution in [3.8, 4) is 6.07 Å². The van der Waals surface area contributed by atoms with Crippen molar-refractivity contribution in [1.29, 1.82) is 5.26 Å². The molecule has 6 nitrogen and oxygen atoms in total. The molecular formula is C18H16N2O4S. The van der Waals surface area contributed by atoms with Crippen LogP contribution >= 0.6 is 11.3 Å². The van der Waals surface area contributed by atoms with E-state index in [0.29, 0.717) is 16.1 Å². The van der Waals surface area contributed by atoms with Gasteiger partial charge in [-0.05, 0) is 36.6 Å². The van der Waals surface area contributed by atoms with Gasteiger partial charge >= 0.3 is 5.97 Å². The number of hydrogen-bond acceptors (Lipinski definition) is 6. The van der Waals surface area contributed by atoms with Crippen LogP contribution in [0.25, 0.3) is 0 Å². The Hall–Kier alpha value is -2.98. The molecule has 128 valence electrons. The number of nitrogens with one attached hydrogen (secondary N) is 1. The predicted octanol–water partition coefficient (Wildman–Crippen LogP) is 3.15. The zero-order valence-corrected chi connectivity index (χ0v) is 14.3. The molecule has 0 radical (unpaired) electrons. The number of ether oxygens (including phenoxy) is 1. The molecule has 25 heavy (non-hydrogen) atoms. The summed E-state index contributed by atoms with van der Waals surface area (Å²) in [7, 11) is 0. The molecular weight excluding hydrogens is 340 g/mol. The summed E-state index contributed by atoms with van der Waals surface area (Å²) >= 11 is 1.32. The first-order valence-electron chi connectivity index (χ1n) is 7.57. The Balaban J connectivity index is 1.80. The Labute approximate surface area is 149 Å². The van der Waals surface area contributed by atoms with Crippen LogP contribution in [0.5, 0.6) is 0 Å². The van der Waals surface area contributed by atoms with Gasteiger partial charge in [-0.3, -0.25) is 14.4 Å². The number of Topliss-reactive ketones (excluding diaryl/α,β-unsaturated/α-hetero) is 1. The number of hydrogen-bond donors (Lipinski definition) is 1. The Kier molecular flexibility index (Phi) is 6.43. The first-order chi connectivity index (χ1) is 12.0. The van der Waals surface area contributed by atoms with Gasteiger partial charge in [0.15, 0.2) is 11.9 Å². The molecule has 2 rings (SSSR count). The summed E-state index contributed by atoms with van der Waals surface area (Å²) in [6, 6.07) is 11.8. The molecule has 0 bridgehead atoms. The van der Waals surface area contributed by atoms with E-state index >= 15 is 0 Å². The van der Waals surface area contributed by atoms with Gasteiger partial charge < -0.3 is 10.1 Å². The lowest BCUT2D eigenvalue weighted by atomic mass is 10.2. The second kappa shape index (κ2) is 8.76. The smallest absolute Gasteiger partial charge is 0.307 e. The monoisotopic (exact) mass is 356 g/mol. The van der Waals surface area contributed by atoms with Gasteiger partial charge in [-0.15, -0.1) is 11.3 Å². The molecule has 1 atom stereocenters. The van der Waals surface area contributed by atoms with Gasteiger partial charge in [0.2, 0.25) is 0 Å². The van der Waals surface area contributed by atoms with E-state index in [1.165, 1.54) is 24.3 Å². The molecule has 0 aliphatic rings. The largest absolute Gasteiger partial charge is 0.453 e. The summed E-state index contributed by atoms with van der Waals surface area (Å²) in [5.41, 5.74) is 0.856. The highest BCUT2D eigenvalue weighted by Crippen LogP contribution is 2.13. The maximum atomic E-state index is 12.0. The summed E-state index contributed by atoms with van der Waals surface area (Å²) in [6.45, 7) is 1.45. The molecule has 0 fully saturated rings.